The van der Waals surface area contributed by atoms with E-state index in [4.69, 9.17) is 0 Å². The normalized spacial score (nSPS) is 16.5. The van der Waals surface area contributed by atoms with Gasteiger partial charge in [-0.05, 0) is 12.1 Å². The molecule has 0 N–H and O–H groups in total. The van der Waals surface area contributed by atoms with Crippen molar-refractivity contribution in [1.29, 1.82) is 0 Å². The molecule has 1 aliphatic rings. The zero-order valence-electron chi connectivity index (χ0n) is 12.8. The average molecular weight is 334 g/mol. The van der Waals surface area contributed by atoms with Crippen LogP contribution in [0.1, 0.15) is 10.4 Å². The van der Waals surface area contributed by atoms with Crippen LogP contribution >= 0.6 is 0 Å². The van der Waals surface area contributed by atoms with Crippen LogP contribution in [0, 0.1) is 0 Å². The average Bonchev–Trinajstić information content (AvgIpc) is 3.02. The van der Waals surface area contributed by atoms with Crippen molar-refractivity contribution in [3.8, 4) is 0 Å². The van der Waals surface area contributed by atoms with Gasteiger partial charge in [0.1, 0.15) is 4.90 Å². The minimum atomic E-state index is -3.54. The highest BCUT2D eigenvalue weighted by atomic mass is 32.2. The first-order valence-electron chi connectivity index (χ1n) is 7.31. The van der Waals surface area contributed by atoms with Crippen molar-refractivity contribution in [3.05, 3.63) is 48.3 Å². The number of hydrogen-bond acceptors (Lipinski definition) is 4. The van der Waals surface area contributed by atoms with Gasteiger partial charge in [0, 0.05) is 45.0 Å². The molecule has 1 saturated heterocycles. The van der Waals surface area contributed by atoms with Gasteiger partial charge in [-0.25, -0.2) is 8.42 Å². The monoisotopic (exact) mass is 334 g/mol. The first-order chi connectivity index (χ1) is 11.0. The van der Waals surface area contributed by atoms with E-state index in [0.717, 1.165) is 0 Å². The summed E-state index contributed by atoms with van der Waals surface area (Å²) in [6.45, 7) is 1.34. The second-order valence-electron chi connectivity index (χ2n) is 5.41. The number of amides is 1. The van der Waals surface area contributed by atoms with Crippen LogP contribution in [0.3, 0.4) is 0 Å². The fourth-order valence-electron chi connectivity index (χ4n) is 2.58. The summed E-state index contributed by atoms with van der Waals surface area (Å²) in [4.78, 5) is 14.2. The molecule has 1 fully saturated rings. The molecular weight excluding hydrogens is 316 g/mol. The number of rotatable bonds is 3. The van der Waals surface area contributed by atoms with E-state index in [1.54, 1.807) is 24.1 Å². The van der Waals surface area contributed by atoms with Gasteiger partial charge in [0.15, 0.2) is 0 Å². The minimum absolute atomic E-state index is 0.0657. The van der Waals surface area contributed by atoms with E-state index in [1.807, 2.05) is 18.2 Å². The summed E-state index contributed by atoms with van der Waals surface area (Å²) in [5, 5.41) is 3.91. The molecule has 122 valence electrons. The third kappa shape index (κ3) is 3.13. The Balaban J connectivity index is 1.68. The summed E-state index contributed by atoms with van der Waals surface area (Å²) in [6.07, 6.45) is 2.83. The van der Waals surface area contributed by atoms with Crippen molar-refractivity contribution in [2.45, 2.75) is 4.90 Å². The molecule has 1 aliphatic heterocycles. The molecule has 1 aromatic heterocycles. The Kier molecular flexibility index (Phi) is 4.18. The van der Waals surface area contributed by atoms with Gasteiger partial charge in [-0.2, -0.15) is 9.40 Å². The van der Waals surface area contributed by atoms with E-state index in [1.165, 1.54) is 21.4 Å². The SMILES string of the molecule is Cn1cc(S(=O)(=O)N2CCN(C(=O)c3ccccc3)CC2)cn1. The molecule has 0 unspecified atom stereocenters. The number of piperazine rings is 1. The Hall–Kier alpha value is -2.19. The van der Waals surface area contributed by atoms with E-state index in [2.05, 4.69) is 5.10 Å². The fraction of sp³-hybridized carbons (Fsp3) is 0.333. The third-order valence-electron chi connectivity index (χ3n) is 3.87. The van der Waals surface area contributed by atoms with Gasteiger partial charge in [-0.1, -0.05) is 18.2 Å². The van der Waals surface area contributed by atoms with Crippen LogP contribution in [-0.2, 0) is 17.1 Å². The van der Waals surface area contributed by atoms with E-state index >= 15 is 0 Å². The lowest BCUT2D eigenvalue weighted by Crippen LogP contribution is -2.50. The van der Waals surface area contributed by atoms with Gasteiger partial charge < -0.3 is 4.90 Å². The van der Waals surface area contributed by atoms with Crippen LogP contribution in [0.2, 0.25) is 0 Å². The molecule has 0 saturated carbocycles. The summed E-state index contributed by atoms with van der Waals surface area (Å²) in [6, 6.07) is 9.02. The molecule has 0 atom stereocenters. The highest BCUT2D eigenvalue weighted by Crippen LogP contribution is 2.17. The lowest BCUT2D eigenvalue weighted by molar-refractivity contribution is 0.0698. The minimum Gasteiger partial charge on any atom is -0.336 e. The fourth-order valence-corrected chi connectivity index (χ4v) is 3.98. The largest absolute Gasteiger partial charge is 0.336 e. The Morgan fingerprint density at radius 1 is 1.09 bits per heavy atom. The van der Waals surface area contributed by atoms with Crippen molar-refractivity contribution in [3.63, 3.8) is 0 Å². The lowest BCUT2D eigenvalue weighted by Gasteiger charge is -2.33. The van der Waals surface area contributed by atoms with Crippen molar-refractivity contribution < 1.29 is 13.2 Å². The maximum absolute atomic E-state index is 12.5. The molecule has 0 radical (unpaired) electrons. The predicted octanol–water partition coefficient (Wildman–Crippen LogP) is 0.567. The first kappa shape index (κ1) is 15.7. The maximum Gasteiger partial charge on any atom is 0.253 e. The Bertz CT molecular complexity index is 793. The molecule has 3 rings (SSSR count). The Morgan fingerprint density at radius 3 is 2.30 bits per heavy atom. The van der Waals surface area contributed by atoms with Crippen molar-refractivity contribution in [2.24, 2.45) is 7.05 Å². The molecule has 0 bridgehead atoms. The summed E-state index contributed by atoms with van der Waals surface area (Å²) < 4.78 is 27.9. The Labute approximate surface area is 135 Å². The van der Waals surface area contributed by atoms with E-state index in [0.29, 0.717) is 18.7 Å². The number of hydrogen-bond donors (Lipinski definition) is 0. The number of nitrogens with zero attached hydrogens (tertiary/aromatic N) is 4. The van der Waals surface area contributed by atoms with Crippen LogP contribution in [0.25, 0.3) is 0 Å². The quantitative estimate of drug-likeness (QED) is 0.822. The molecular formula is C15H18N4O3S. The maximum atomic E-state index is 12.5. The molecule has 7 nitrogen and oxygen atoms in total. The number of carbonyl (C=O) groups excluding carboxylic acids is 1. The highest BCUT2D eigenvalue weighted by Gasteiger charge is 2.31. The molecule has 2 heterocycles. The number of aromatic nitrogens is 2. The number of benzene rings is 1. The molecule has 23 heavy (non-hydrogen) atoms. The van der Waals surface area contributed by atoms with Crippen molar-refractivity contribution in [2.75, 3.05) is 26.2 Å². The Morgan fingerprint density at radius 2 is 1.74 bits per heavy atom. The highest BCUT2D eigenvalue weighted by molar-refractivity contribution is 7.89. The number of aryl methyl sites for hydroxylation is 1. The van der Waals surface area contributed by atoms with Gasteiger partial charge >= 0.3 is 0 Å². The molecule has 0 aliphatic carbocycles. The zero-order chi connectivity index (χ0) is 16.4. The van der Waals surface area contributed by atoms with Crippen LogP contribution in [-0.4, -0.2) is 59.5 Å². The van der Waals surface area contributed by atoms with Crippen LogP contribution < -0.4 is 0 Å². The van der Waals surface area contributed by atoms with Crippen LogP contribution in [0.5, 0.6) is 0 Å². The lowest BCUT2D eigenvalue weighted by atomic mass is 10.2. The van der Waals surface area contributed by atoms with Crippen LogP contribution in [0.15, 0.2) is 47.6 Å². The standard InChI is InChI=1S/C15H18N4O3S/c1-17-12-14(11-16-17)23(21,22)19-9-7-18(8-10-19)15(20)13-5-3-2-4-6-13/h2-6,11-12H,7-10H2,1H3. The number of sulfonamides is 1. The smallest absolute Gasteiger partial charge is 0.253 e. The van der Waals surface area contributed by atoms with E-state index < -0.39 is 10.0 Å². The van der Waals surface area contributed by atoms with Gasteiger partial charge in [0.2, 0.25) is 10.0 Å². The third-order valence-corrected chi connectivity index (χ3v) is 5.72. The van der Waals surface area contributed by atoms with Gasteiger partial charge in [-0.3, -0.25) is 9.48 Å². The molecule has 1 aromatic carbocycles. The zero-order valence-corrected chi connectivity index (χ0v) is 13.6. The van der Waals surface area contributed by atoms with E-state index in [-0.39, 0.29) is 23.9 Å². The summed E-state index contributed by atoms with van der Waals surface area (Å²) in [5.41, 5.74) is 0.621. The summed E-state index contributed by atoms with van der Waals surface area (Å²) >= 11 is 0. The van der Waals surface area contributed by atoms with Crippen molar-refractivity contribution >= 4 is 15.9 Å². The second kappa shape index (κ2) is 6.13. The van der Waals surface area contributed by atoms with Crippen molar-refractivity contribution in [1.82, 2.24) is 19.0 Å². The number of carbonyl (C=O) groups is 1. The second-order valence-corrected chi connectivity index (χ2v) is 7.35. The molecule has 2 aromatic rings. The first-order valence-corrected chi connectivity index (χ1v) is 8.75. The van der Waals surface area contributed by atoms with Gasteiger partial charge in [0.25, 0.3) is 5.91 Å². The summed E-state index contributed by atoms with van der Waals surface area (Å²) in [5.74, 6) is -0.0657. The van der Waals surface area contributed by atoms with Gasteiger partial charge in [0.05, 0.1) is 6.20 Å². The van der Waals surface area contributed by atoms with E-state index in [9.17, 15) is 13.2 Å². The molecule has 8 heteroatoms. The molecule has 0 spiro atoms. The predicted molar refractivity (Wildman–Crippen MR) is 84.3 cm³/mol. The van der Waals surface area contributed by atoms with Gasteiger partial charge in [-0.15, -0.1) is 0 Å². The molecule has 1 amide bonds. The topological polar surface area (TPSA) is 75.5 Å². The summed E-state index contributed by atoms with van der Waals surface area (Å²) in [7, 11) is -1.87. The van der Waals surface area contributed by atoms with Crippen LogP contribution in [0.4, 0.5) is 0 Å².